The first-order chi connectivity index (χ1) is 14.9. The molecule has 0 unspecified atom stereocenters. The van der Waals surface area contributed by atoms with E-state index in [4.69, 9.17) is 25.8 Å². The SMILES string of the molecule is CN(Cc1ccccc1)c1nc(Cl)nc2c1cnn2[C@@H]1O[C@H](CO)[C@H]2OC(C)(C)O[C@H]21. The van der Waals surface area contributed by atoms with Crippen LogP contribution in [0, 0.1) is 0 Å². The van der Waals surface area contributed by atoms with Gasteiger partial charge in [0.1, 0.15) is 24.1 Å². The highest BCUT2D eigenvalue weighted by atomic mass is 35.5. The predicted molar refractivity (Wildman–Crippen MR) is 114 cm³/mol. The molecule has 0 spiro atoms. The molecule has 0 amide bonds. The van der Waals surface area contributed by atoms with Gasteiger partial charge in [0.05, 0.1) is 18.2 Å². The number of rotatable bonds is 5. The Kier molecular flexibility index (Phi) is 5.10. The van der Waals surface area contributed by atoms with Crippen LogP contribution in [0.15, 0.2) is 36.5 Å². The molecule has 1 N–H and O–H groups in total. The van der Waals surface area contributed by atoms with E-state index in [9.17, 15) is 5.11 Å². The quantitative estimate of drug-likeness (QED) is 0.599. The van der Waals surface area contributed by atoms with Gasteiger partial charge in [-0.1, -0.05) is 30.3 Å². The minimum Gasteiger partial charge on any atom is -0.394 e. The lowest BCUT2D eigenvalue weighted by Crippen LogP contribution is -2.31. The zero-order valence-electron chi connectivity index (χ0n) is 17.5. The Morgan fingerprint density at radius 2 is 1.90 bits per heavy atom. The number of nitrogens with zero attached hydrogens (tertiary/aromatic N) is 5. The molecule has 0 saturated carbocycles. The van der Waals surface area contributed by atoms with Crippen molar-refractivity contribution in [3.8, 4) is 0 Å². The van der Waals surface area contributed by atoms with Crippen molar-refractivity contribution in [2.45, 2.75) is 50.7 Å². The maximum Gasteiger partial charge on any atom is 0.226 e. The lowest BCUT2D eigenvalue weighted by atomic mass is 10.1. The summed E-state index contributed by atoms with van der Waals surface area (Å²) in [5.74, 6) is -0.108. The van der Waals surface area contributed by atoms with Crippen molar-refractivity contribution in [3.63, 3.8) is 0 Å². The fourth-order valence-electron chi connectivity index (χ4n) is 4.30. The summed E-state index contributed by atoms with van der Waals surface area (Å²) >= 11 is 6.29. The number of anilines is 1. The van der Waals surface area contributed by atoms with E-state index >= 15 is 0 Å². The van der Waals surface area contributed by atoms with Gasteiger partial charge in [-0.25, -0.2) is 4.68 Å². The third kappa shape index (κ3) is 3.66. The topological polar surface area (TPSA) is 94.8 Å². The largest absolute Gasteiger partial charge is 0.394 e. The Morgan fingerprint density at radius 3 is 2.65 bits per heavy atom. The van der Waals surface area contributed by atoms with E-state index in [1.807, 2.05) is 44.0 Å². The predicted octanol–water partition coefficient (Wildman–Crippen LogP) is 2.53. The van der Waals surface area contributed by atoms with Crippen molar-refractivity contribution in [2.75, 3.05) is 18.6 Å². The molecule has 2 aliphatic rings. The molecule has 1 aromatic carbocycles. The van der Waals surface area contributed by atoms with Crippen molar-refractivity contribution < 1.29 is 19.3 Å². The number of fused-ring (bicyclic) bond motifs is 2. The van der Waals surface area contributed by atoms with Gasteiger partial charge < -0.3 is 24.2 Å². The summed E-state index contributed by atoms with van der Waals surface area (Å²) in [6.45, 7) is 4.15. The molecule has 2 aromatic heterocycles. The monoisotopic (exact) mass is 445 g/mol. The van der Waals surface area contributed by atoms with Gasteiger partial charge in [-0.15, -0.1) is 0 Å². The van der Waals surface area contributed by atoms with E-state index in [0.717, 1.165) is 10.9 Å². The fourth-order valence-corrected chi connectivity index (χ4v) is 4.46. The highest BCUT2D eigenvalue weighted by molar-refractivity contribution is 6.28. The summed E-state index contributed by atoms with van der Waals surface area (Å²) in [6, 6.07) is 10.1. The van der Waals surface area contributed by atoms with Crippen molar-refractivity contribution in [1.29, 1.82) is 0 Å². The number of benzene rings is 1. The number of hydrogen-bond acceptors (Lipinski definition) is 8. The first-order valence-corrected chi connectivity index (χ1v) is 10.5. The first-order valence-electron chi connectivity index (χ1n) is 10.1. The normalized spacial score (nSPS) is 27.0. The van der Waals surface area contributed by atoms with Crippen molar-refractivity contribution in [1.82, 2.24) is 19.7 Å². The van der Waals surface area contributed by atoms with Crippen LogP contribution >= 0.6 is 11.6 Å². The Labute approximate surface area is 184 Å². The van der Waals surface area contributed by atoms with E-state index < -0.39 is 30.3 Å². The number of ether oxygens (including phenoxy) is 3. The summed E-state index contributed by atoms with van der Waals surface area (Å²) in [7, 11) is 1.95. The lowest BCUT2D eigenvalue weighted by Gasteiger charge is -2.24. The highest BCUT2D eigenvalue weighted by Gasteiger charge is 2.56. The van der Waals surface area contributed by atoms with Crippen LogP contribution in [0.1, 0.15) is 25.6 Å². The molecule has 4 heterocycles. The average molecular weight is 446 g/mol. The molecule has 31 heavy (non-hydrogen) atoms. The zero-order valence-corrected chi connectivity index (χ0v) is 18.2. The second kappa shape index (κ2) is 7.68. The molecule has 4 atom stereocenters. The first kappa shape index (κ1) is 20.6. The number of halogens is 1. The van der Waals surface area contributed by atoms with E-state index in [0.29, 0.717) is 18.0 Å². The highest BCUT2D eigenvalue weighted by Crippen LogP contribution is 2.43. The lowest BCUT2D eigenvalue weighted by molar-refractivity contribution is -0.201. The van der Waals surface area contributed by atoms with Gasteiger partial charge in [0.2, 0.25) is 5.28 Å². The van der Waals surface area contributed by atoms with Crippen LogP contribution in [0.2, 0.25) is 5.28 Å². The minimum atomic E-state index is -0.776. The van der Waals surface area contributed by atoms with E-state index in [2.05, 4.69) is 27.2 Å². The Balaban J connectivity index is 1.52. The Morgan fingerprint density at radius 1 is 1.16 bits per heavy atom. The molecule has 5 rings (SSSR count). The molecule has 164 valence electrons. The van der Waals surface area contributed by atoms with Crippen LogP contribution < -0.4 is 4.90 Å². The zero-order chi connectivity index (χ0) is 21.8. The molecule has 0 bridgehead atoms. The molecule has 0 radical (unpaired) electrons. The van der Waals surface area contributed by atoms with Crippen molar-refractivity contribution in [2.24, 2.45) is 0 Å². The number of aromatic nitrogens is 4. The van der Waals surface area contributed by atoms with Gasteiger partial charge in [0.25, 0.3) is 0 Å². The Hall–Kier alpha value is -2.30. The smallest absolute Gasteiger partial charge is 0.226 e. The maximum atomic E-state index is 9.77. The molecule has 10 heteroatoms. The number of aliphatic hydroxyl groups is 1. The van der Waals surface area contributed by atoms with Gasteiger partial charge >= 0.3 is 0 Å². The van der Waals surface area contributed by atoms with Gasteiger partial charge in [-0.3, -0.25) is 0 Å². The van der Waals surface area contributed by atoms with Crippen LogP contribution in [0.3, 0.4) is 0 Å². The fraction of sp³-hybridized carbons (Fsp3) is 0.476. The van der Waals surface area contributed by atoms with Crippen molar-refractivity contribution in [3.05, 3.63) is 47.4 Å². The molecule has 2 saturated heterocycles. The van der Waals surface area contributed by atoms with Gasteiger partial charge in [0.15, 0.2) is 17.7 Å². The summed E-state index contributed by atoms with van der Waals surface area (Å²) in [4.78, 5) is 10.9. The van der Waals surface area contributed by atoms with Crippen LogP contribution in [0.4, 0.5) is 5.82 Å². The molecule has 3 aromatic rings. The third-order valence-electron chi connectivity index (χ3n) is 5.58. The van der Waals surface area contributed by atoms with E-state index in [-0.39, 0.29) is 11.9 Å². The standard InChI is InChI=1S/C21H24ClN5O4/c1-21(2)30-15-14(11-28)29-19(16(15)31-21)27-18-13(9-23-27)17(24-20(22)25-18)26(3)10-12-7-5-4-6-8-12/h4-9,14-16,19,28H,10-11H2,1-3H3/t14-,15-,16-,19-/m1/s1. The van der Waals surface area contributed by atoms with Crippen molar-refractivity contribution >= 4 is 28.5 Å². The third-order valence-corrected chi connectivity index (χ3v) is 5.75. The number of aliphatic hydroxyl groups excluding tert-OH is 1. The number of hydrogen-bond donors (Lipinski definition) is 1. The molecular weight excluding hydrogens is 422 g/mol. The second-order valence-corrected chi connectivity index (χ2v) is 8.63. The van der Waals surface area contributed by atoms with Gasteiger partial charge in [0, 0.05) is 13.6 Å². The van der Waals surface area contributed by atoms with E-state index in [1.54, 1.807) is 10.9 Å². The maximum absolute atomic E-state index is 9.77. The minimum absolute atomic E-state index is 0.112. The molecule has 0 aliphatic carbocycles. The second-order valence-electron chi connectivity index (χ2n) is 8.30. The van der Waals surface area contributed by atoms with Crippen LogP contribution in [-0.2, 0) is 20.8 Å². The summed E-state index contributed by atoms with van der Waals surface area (Å²) in [5.41, 5.74) is 1.68. The molecule has 2 aliphatic heterocycles. The van der Waals surface area contributed by atoms with Crippen LogP contribution in [0.5, 0.6) is 0 Å². The molecular formula is C21H24ClN5O4. The average Bonchev–Trinajstić information content (AvgIpc) is 3.38. The van der Waals surface area contributed by atoms with Crippen LogP contribution in [-0.4, -0.2) is 62.6 Å². The van der Waals surface area contributed by atoms with E-state index in [1.165, 1.54) is 0 Å². The Bertz CT molecular complexity index is 1090. The van der Waals surface area contributed by atoms with Gasteiger partial charge in [-0.2, -0.15) is 15.1 Å². The van der Waals surface area contributed by atoms with Gasteiger partial charge in [-0.05, 0) is 31.0 Å². The summed E-state index contributed by atoms with van der Waals surface area (Å²) in [6.07, 6.45) is -0.266. The molecule has 2 fully saturated rings. The molecule has 9 nitrogen and oxygen atoms in total. The summed E-state index contributed by atoms with van der Waals surface area (Å²) in [5, 5.41) is 15.2. The summed E-state index contributed by atoms with van der Waals surface area (Å²) < 4.78 is 19.7. The van der Waals surface area contributed by atoms with Crippen LogP contribution in [0.25, 0.3) is 11.0 Å².